The van der Waals surface area contributed by atoms with E-state index in [0.29, 0.717) is 10.1 Å². The molecule has 17 heavy (non-hydrogen) atoms. The lowest BCUT2D eigenvalue weighted by Crippen LogP contribution is -2.21. The summed E-state index contributed by atoms with van der Waals surface area (Å²) in [5, 5.41) is 3.76. The highest BCUT2D eigenvalue weighted by Crippen LogP contribution is 2.24. The summed E-state index contributed by atoms with van der Waals surface area (Å²) in [6.45, 7) is 6.16. The summed E-state index contributed by atoms with van der Waals surface area (Å²) in [4.78, 5) is 1.48. The van der Waals surface area contributed by atoms with Gasteiger partial charge in [-0.15, -0.1) is 11.8 Å². The van der Waals surface area contributed by atoms with Crippen molar-refractivity contribution in [1.29, 1.82) is 0 Å². The third-order valence-electron chi connectivity index (χ3n) is 2.27. The van der Waals surface area contributed by atoms with Gasteiger partial charge in [0.2, 0.25) is 0 Å². The van der Waals surface area contributed by atoms with Crippen LogP contribution in [0.5, 0.6) is 0 Å². The van der Waals surface area contributed by atoms with Crippen LogP contribution in [-0.2, 0) is 9.84 Å². The molecule has 1 atom stereocenters. The van der Waals surface area contributed by atoms with Crippen molar-refractivity contribution in [2.45, 2.75) is 28.9 Å². The number of nitrogens with one attached hydrogen (secondary N) is 1. The molecule has 0 fully saturated rings. The Morgan fingerprint density at radius 3 is 2.35 bits per heavy atom. The van der Waals surface area contributed by atoms with Gasteiger partial charge in [0.25, 0.3) is 0 Å². The summed E-state index contributed by atoms with van der Waals surface area (Å²) in [7, 11) is -3.08. The molecule has 3 nitrogen and oxygen atoms in total. The van der Waals surface area contributed by atoms with Crippen molar-refractivity contribution >= 4 is 21.6 Å². The molecule has 5 heteroatoms. The molecule has 1 N–H and O–H groups in total. The fourth-order valence-corrected chi connectivity index (χ4v) is 2.98. The summed E-state index contributed by atoms with van der Waals surface area (Å²) < 4.78 is 22.6. The zero-order valence-electron chi connectivity index (χ0n) is 10.4. The molecular weight excluding hydrogens is 254 g/mol. The van der Waals surface area contributed by atoms with Gasteiger partial charge < -0.3 is 5.32 Å². The van der Waals surface area contributed by atoms with Crippen molar-refractivity contribution in [2.75, 3.05) is 19.3 Å². The molecule has 0 amide bonds. The fraction of sp³-hybridized carbons (Fsp3) is 0.500. The van der Waals surface area contributed by atoms with Crippen LogP contribution in [0.3, 0.4) is 0 Å². The van der Waals surface area contributed by atoms with Gasteiger partial charge in [-0.25, -0.2) is 8.42 Å². The third kappa shape index (κ3) is 5.10. The first-order valence-corrected chi connectivity index (χ1v) is 8.38. The van der Waals surface area contributed by atoms with Gasteiger partial charge in [-0.05, 0) is 30.8 Å². The molecule has 0 spiro atoms. The predicted octanol–water partition coefficient (Wildman–Crippen LogP) is 2.18. The first kappa shape index (κ1) is 14.5. The van der Waals surface area contributed by atoms with Gasteiger partial charge in [0, 0.05) is 22.9 Å². The Morgan fingerprint density at radius 2 is 1.88 bits per heavy atom. The van der Waals surface area contributed by atoms with Crippen molar-refractivity contribution in [2.24, 2.45) is 0 Å². The molecule has 0 saturated carbocycles. The Hall–Kier alpha value is -0.520. The van der Waals surface area contributed by atoms with Gasteiger partial charge in [0.05, 0.1) is 4.90 Å². The molecule has 0 heterocycles. The minimum Gasteiger partial charge on any atom is -0.316 e. The van der Waals surface area contributed by atoms with Crippen LogP contribution >= 0.6 is 11.8 Å². The van der Waals surface area contributed by atoms with Gasteiger partial charge in [-0.3, -0.25) is 0 Å². The largest absolute Gasteiger partial charge is 0.316 e. The van der Waals surface area contributed by atoms with Gasteiger partial charge in [-0.2, -0.15) is 0 Å². The SMILES string of the molecule is CCNCC(C)Sc1ccc(S(C)(=O)=O)cc1. The van der Waals surface area contributed by atoms with Crippen LogP contribution in [0.25, 0.3) is 0 Å². The number of hydrogen-bond acceptors (Lipinski definition) is 4. The average molecular weight is 273 g/mol. The average Bonchev–Trinajstić information content (AvgIpc) is 2.26. The minimum absolute atomic E-state index is 0.376. The lowest BCUT2D eigenvalue weighted by molar-refractivity contribution is 0.602. The smallest absolute Gasteiger partial charge is 0.175 e. The van der Waals surface area contributed by atoms with Gasteiger partial charge in [-0.1, -0.05) is 13.8 Å². The summed E-state index contributed by atoms with van der Waals surface area (Å²) in [6, 6.07) is 7.06. The first-order valence-electron chi connectivity index (χ1n) is 5.61. The van der Waals surface area contributed by atoms with Crippen LogP contribution in [0.15, 0.2) is 34.1 Å². The normalized spacial score (nSPS) is 13.6. The van der Waals surface area contributed by atoms with E-state index in [4.69, 9.17) is 0 Å². The van der Waals surface area contributed by atoms with E-state index in [1.54, 1.807) is 23.9 Å². The lowest BCUT2D eigenvalue weighted by Gasteiger charge is -2.11. The standard InChI is InChI=1S/C12H19NO2S2/c1-4-13-9-10(2)16-11-5-7-12(8-6-11)17(3,14)15/h5-8,10,13H,4,9H2,1-3H3. The lowest BCUT2D eigenvalue weighted by atomic mass is 10.4. The number of sulfone groups is 1. The molecule has 1 rings (SSSR count). The van der Waals surface area contributed by atoms with E-state index < -0.39 is 9.84 Å². The van der Waals surface area contributed by atoms with Gasteiger partial charge >= 0.3 is 0 Å². The van der Waals surface area contributed by atoms with Crippen LogP contribution in [0.4, 0.5) is 0 Å². The van der Waals surface area contributed by atoms with Crippen LogP contribution in [-0.4, -0.2) is 33.0 Å². The first-order chi connectivity index (χ1) is 7.93. The molecule has 1 unspecified atom stereocenters. The van der Waals surface area contributed by atoms with E-state index in [2.05, 4.69) is 19.2 Å². The Balaban J connectivity index is 2.63. The van der Waals surface area contributed by atoms with E-state index in [9.17, 15) is 8.42 Å². The van der Waals surface area contributed by atoms with E-state index in [-0.39, 0.29) is 0 Å². The summed E-state index contributed by atoms with van der Waals surface area (Å²) in [5.74, 6) is 0. The summed E-state index contributed by atoms with van der Waals surface area (Å²) in [6.07, 6.45) is 1.23. The molecule has 0 bridgehead atoms. The van der Waals surface area contributed by atoms with Crippen LogP contribution < -0.4 is 5.32 Å². The van der Waals surface area contributed by atoms with Crippen molar-refractivity contribution in [3.05, 3.63) is 24.3 Å². The minimum atomic E-state index is -3.08. The summed E-state index contributed by atoms with van der Waals surface area (Å²) >= 11 is 1.75. The molecule has 0 saturated heterocycles. The van der Waals surface area contributed by atoms with Gasteiger partial charge in [0.1, 0.15) is 0 Å². The highest BCUT2D eigenvalue weighted by Gasteiger charge is 2.08. The van der Waals surface area contributed by atoms with Crippen molar-refractivity contribution in [3.8, 4) is 0 Å². The van der Waals surface area contributed by atoms with Crippen molar-refractivity contribution < 1.29 is 8.42 Å². The number of rotatable bonds is 6. The van der Waals surface area contributed by atoms with E-state index in [1.165, 1.54) is 6.26 Å². The topological polar surface area (TPSA) is 46.2 Å². The Kier molecular flexibility index (Phi) is 5.49. The second kappa shape index (κ2) is 6.42. The Labute approximate surface area is 108 Å². The molecule has 0 aliphatic heterocycles. The van der Waals surface area contributed by atoms with E-state index >= 15 is 0 Å². The molecule has 0 radical (unpaired) electrons. The van der Waals surface area contributed by atoms with Crippen molar-refractivity contribution in [3.63, 3.8) is 0 Å². The van der Waals surface area contributed by atoms with Crippen molar-refractivity contribution in [1.82, 2.24) is 5.32 Å². The van der Waals surface area contributed by atoms with Crippen LogP contribution in [0, 0.1) is 0 Å². The maximum atomic E-state index is 11.3. The Morgan fingerprint density at radius 1 is 1.29 bits per heavy atom. The molecule has 1 aromatic rings. The molecular formula is C12H19NO2S2. The van der Waals surface area contributed by atoms with E-state index in [1.807, 2.05) is 12.1 Å². The second-order valence-corrected chi connectivity index (χ2v) is 7.51. The maximum Gasteiger partial charge on any atom is 0.175 e. The zero-order chi connectivity index (χ0) is 12.9. The monoisotopic (exact) mass is 273 g/mol. The van der Waals surface area contributed by atoms with Gasteiger partial charge in [0.15, 0.2) is 9.84 Å². The quantitative estimate of drug-likeness (QED) is 0.807. The molecule has 1 aromatic carbocycles. The van der Waals surface area contributed by atoms with Crippen LogP contribution in [0.1, 0.15) is 13.8 Å². The highest BCUT2D eigenvalue weighted by atomic mass is 32.2. The highest BCUT2D eigenvalue weighted by molar-refractivity contribution is 8.00. The maximum absolute atomic E-state index is 11.3. The number of thioether (sulfide) groups is 1. The molecule has 96 valence electrons. The molecule has 0 aliphatic rings. The molecule has 0 aliphatic carbocycles. The van der Waals surface area contributed by atoms with Crippen LogP contribution in [0.2, 0.25) is 0 Å². The van der Waals surface area contributed by atoms with E-state index in [0.717, 1.165) is 18.0 Å². The Bertz CT molecular complexity index is 440. The fourth-order valence-electron chi connectivity index (χ4n) is 1.39. The second-order valence-electron chi connectivity index (χ2n) is 3.98. The zero-order valence-corrected chi connectivity index (χ0v) is 12.1. The number of hydrogen-bond donors (Lipinski definition) is 1. The third-order valence-corrected chi connectivity index (χ3v) is 4.51. The summed E-state index contributed by atoms with van der Waals surface area (Å²) in [5.41, 5.74) is 0. The predicted molar refractivity (Wildman–Crippen MR) is 73.4 cm³/mol. The number of benzene rings is 1. The molecule has 0 aromatic heterocycles.